The van der Waals surface area contributed by atoms with Crippen LogP contribution in [0.25, 0.3) is 0 Å². The molecule has 0 bridgehead atoms. The summed E-state index contributed by atoms with van der Waals surface area (Å²) in [5, 5.41) is 0. The van der Waals surface area contributed by atoms with Crippen molar-refractivity contribution in [2.75, 3.05) is 6.61 Å². The van der Waals surface area contributed by atoms with Crippen LogP contribution in [-0.2, 0) is 6.42 Å². The van der Waals surface area contributed by atoms with Crippen LogP contribution in [0.15, 0.2) is 12.5 Å². The van der Waals surface area contributed by atoms with Gasteiger partial charge < -0.3 is 4.84 Å². The summed E-state index contributed by atoms with van der Waals surface area (Å²) in [5.74, 6) is 0.594. The summed E-state index contributed by atoms with van der Waals surface area (Å²) < 4.78 is 1.78. The van der Waals surface area contributed by atoms with Gasteiger partial charge in [0, 0.05) is 5.92 Å². The predicted octanol–water partition coefficient (Wildman–Crippen LogP) is 1.53. The predicted molar refractivity (Wildman–Crippen MR) is 50.3 cm³/mol. The lowest BCUT2D eigenvalue weighted by atomic mass is 9.78. The Kier molecular flexibility index (Phi) is 1.82. The molecule has 0 fully saturated rings. The largest absolute Gasteiger partial charge is 0.412 e. The molecular formula is C10H16N2O. The van der Waals surface area contributed by atoms with Gasteiger partial charge in [-0.1, -0.05) is 20.8 Å². The van der Waals surface area contributed by atoms with Crippen LogP contribution < -0.4 is 4.84 Å². The summed E-state index contributed by atoms with van der Waals surface area (Å²) >= 11 is 0. The Hall–Kier alpha value is -0.990. The highest BCUT2D eigenvalue weighted by Gasteiger charge is 2.29. The van der Waals surface area contributed by atoms with Gasteiger partial charge in [0.1, 0.15) is 12.9 Å². The molecule has 1 aromatic rings. The minimum absolute atomic E-state index is 0.315. The molecule has 3 nitrogen and oxygen atoms in total. The highest BCUT2D eigenvalue weighted by Crippen LogP contribution is 2.30. The maximum Gasteiger partial charge on any atom is 0.132 e. The lowest BCUT2D eigenvalue weighted by Gasteiger charge is -2.33. The molecule has 3 heteroatoms. The second-order valence-electron chi connectivity index (χ2n) is 4.77. The van der Waals surface area contributed by atoms with Crippen LogP contribution in [0.4, 0.5) is 0 Å². The maximum absolute atomic E-state index is 5.56. The molecule has 0 aromatic carbocycles. The SMILES string of the molecule is CC(C)(C)C1COn2cncc2C1. The zero-order valence-corrected chi connectivity index (χ0v) is 8.45. The molecule has 0 saturated carbocycles. The smallest absolute Gasteiger partial charge is 0.132 e. The molecule has 1 aliphatic heterocycles. The first-order valence-electron chi connectivity index (χ1n) is 4.72. The average Bonchev–Trinajstić information content (AvgIpc) is 2.47. The monoisotopic (exact) mass is 180 g/mol. The number of rotatable bonds is 0. The summed E-state index contributed by atoms with van der Waals surface area (Å²) in [6, 6.07) is 0. The Bertz CT molecular complexity index is 298. The van der Waals surface area contributed by atoms with Crippen LogP contribution in [-0.4, -0.2) is 16.3 Å². The average molecular weight is 180 g/mol. The molecule has 13 heavy (non-hydrogen) atoms. The van der Waals surface area contributed by atoms with E-state index in [1.807, 2.05) is 6.20 Å². The fourth-order valence-electron chi connectivity index (χ4n) is 1.61. The van der Waals surface area contributed by atoms with Crippen molar-refractivity contribution in [2.24, 2.45) is 11.3 Å². The Labute approximate surface area is 78.7 Å². The van der Waals surface area contributed by atoms with Gasteiger partial charge in [-0.25, -0.2) is 4.98 Å². The number of hydrogen-bond acceptors (Lipinski definition) is 2. The van der Waals surface area contributed by atoms with Crippen molar-refractivity contribution in [1.82, 2.24) is 9.71 Å². The molecular weight excluding hydrogens is 164 g/mol. The first-order chi connectivity index (χ1) is 6.07. The molecule has 2 heterocycles. The molecule has 72 valence electrons. The number of aromatic nitrogens is 2. The number of imidazole rings is 1. The maximum atomic E-state index is 5.56. The second kappa shape index (κ2) is 2.76. The Morgan fingerprint density at radius 2 is 2.31 bits per heavy atom. The number of hydrogen-bond donors (Lipinski definition) is 0. The van der Waals surface area contributed by atoms with Crippen molar-refractivity contribution in [3.05, 3.63) is 18.2 Å². The summed E-state index contributed by atoms with van der Waals surface area (Å²) in [6.45, 7) is 7.57. The zero-order valence-electron chi connectivity index (χ0n) is 8.45. The van der Waals surface area contributed by atoms with E-state index in [-0.39, 0.29) is 0 Å². The van der Waals surface area contributed by atoms with E-state index in [9.17, 15) is 0 Å². The zero-order chi connectivity index (χ0) is 9.47. The standard InChI is InChI=1S/C10H16N2O/c1-10(2,3)8-4-9-5-11-7-12(9)13-6-8/h5,7-8H,4,6H2,1-3H3. The van der Waals surface area contributed by atoms with E-state index in [4.69, 9.17) is 4.84 Å². The molecule has 0 spiro atoms. The molecule has 0 saturated heterocycles. The quantitative estimate of drug-likeness (QED) is 0.605. The normalized spacial score (nSPS) is 22.2. The van der Waals surface area contributed by atoms with Gasteiger partial charge in [-0.05, 0) is 11.8 Å². The molecule has 0 N–H and O–H groups in total. The summed E-state index contributed by atoms with van der Waals surface area (Å²) in [4.78, 5) is 9.61. The lowest BCUT2D eigenvalue weighted by Crippen LogP contribution is -2.36. The van der Waals surface area contributed by atoms with Crippen molar-refractivity contribution in [3.8, 4) is 0 Å². The minimum atomic E-state index is 0.315. The molecule has 0 aliphatic carbocycles. The topological polar surface area (TPSA) is 27.1 Å². The van der Waals surface area contributed by atoms with E-state index in [0.717, 1.165) is 13.0 Å². The van der Waals surface area contributed by atoms with Crippen LogP contribution in [0, 0.1) is 11.3 Å². The summed E-state index contributed by atoms with van der Waals surface area (Å²) in [5.41, 5.74) is 1.50. The van der Waals surface area contributed by atoms with Gasteiger partial charge in [-0.3, -0.25) is 0 Å². The molecule has 0 amide bonds. The van der Waals surface area contributed by atoms with Crippen molar-refractivity contribution >= 4 is 0 Å². The van der Waals surface area contributed by atoms with Crippen LogP contribution in [0.2, 0.25) is 0 Å². The van der Waals surface area contributed by atoms with E-state index in [1.54, 1.807) is 11.1 Å². The third-order valence-corrected chi connectivity index (χ3v) is 2.77. The number of nitrogens with zero attached hydrogens (tertiary/aromatic N) is 2. The van der Waals surface area contributed by atoms with Crippen molar-refractivity contribution in [3.63, 3.8) is 0 Å². The van der Waals surface area contributed by atoms with Gasteiger partial charge in [-0.15, -0.1) is 0 Å². The van der Waals surface area contributed by atoms with Gasteiger partial charge in [0.25, 0.3) is 0 Å². The van der Waals surface area contributed by atoms with Gasteiger partial charge in [0.05, 0.1) is 11.9 Å². The minimum Gasteiger partial charge on any atom is -0.412 e. The van der Waals surface area contributed by atoms with E-state index in [1.165, 1.54) is 5.69 Å². The molecule has 0 radical (unpaired) electrons. The van der Waals surface area contributed by atoms with Crippen LogP contribution in [0.5, 0.6) is 0 Å². The van der Waals surface area contributed by atoms with Crippen molar-refractivity contribution in [2.45, 2.75) is 27.2 Å². The highest BCUT2D eigenvalue weighted by atomic mass is 16.7. The molecule has 1 aromatic heterocycles. The van der Waals surface area contributed by atoms with Gasteiger partial charge in [0.2, 0.25) is 0 Å². The highest BCUT2D eigenvalue weighted by molar-refractivity contribution is 5.01. The first-order valence-corrected chi connectivity index (χ1v) is 4.72. The Morgan fingerprint density at radius 3 is 3.00 bits per heavy atom. The van der Waals surface area contributed by atoms with Crippen molar-refractivity contribution < 1.29 is 4.84 Å². The van der Waals surface area contributed by atoms with E-state index in [0.29, 0.717) is 11.3 Å². The van der Waals surface area contributed by atoms with Crippen LogP contribution in [0.1, 0.15) is 26.5 Å². The van der Waals surface area contributed by atoms with Gasteiger partial charge in [0.15, 0.2) is 0 Å². The Balaban J connectivity index is 2.18. The third kappa shape index (κ3) is 1.55. The number of fused-ring (bicyclic) bond motifs is 1. The van der Waals surface area contributed by atoms with Gasteiger partial charge in [-0.2, -0.15) is 4.73 Å². The molecule has 2 rings (SSSR count). The fourth-order valence-corrected chi connectivity index (χ4v) is 1.61. The Morgan fingerprint density at radius 1 is 1.54 bits per heavy atom. The van der Waals surface area contributed by atoms with Gasteiger partial charge >= 0.3 is 0 Å². The summed E-state index contributed by atoms with van der Waals surface area (Å²) in [7, 11) is 0. The molecule has 1 unspecified atom stereocenters. The second-order valence-corrected chi connectivity index (χ2v) is 4.77. The van der Waals surface area contributed by atoms with Crippen LogP contribution in [0.3, 0.4) is 0 Å². The first kappa shape index (κ1) is 8.60. The van der Waals surface area contributed by atoms with E-state index < -0.39 is 0 Å². The lowest BCUT2D eigenvalue weighted by molar-refractivity contribution is 0.0104. The van der Waals surface area contributed by atoms with Crippen molar-refractivity contribution in [1.29, 1.82) is 0 Å². The fraction of sp³-hybridized carbons (Fsp3) is 0.700. The molecule has 1 aliphatic rings. The van der Waals surface area contributed by atoms with Crippen LogP contribution >= 0.6 is 0 Å². The molecule has 1 atom stereocenters. The third-order valence-electron chi connectivity index (χ3n) is 2.77. The van der Waals surface area contributed by atoms with E-state index >= 15 is 0 Å². The summed E-state index contributed by atoms with van der Waals surface area (Å²) in [6.07, 6.45) is 4.69. The van der Waals surface area contributed by atoms with E-state index in [2.05, 4.69) is 25.8 Å².